The highest BCUT2D eigenvalue weighted by molar-refractivity contribution is 5.72. The van der Waals surface area contributed by atoms with E-state index >= 15 is 0 Å². The number of nitrogens with zero attached hydrogens (tertiary/aromatic N) is 1. The summed E-state index contributed by atoms with van der Waals surface area (Å²) in [7, 11) is 4.44. The smallest absolute Gasteiger partial charge is 0.309 e. The Morgan fingerprint density at radius 3 is 2.19 bits per heavy atom. The van der Waals surface area contributed by atoms with Gasteiger partial charge in [0.15, 0.2) is 0 Å². The van der Waals surface area contributed by atoms with Crippen molar-refractivity contribution in [1.82, 2.24) is 0 Å². The van der Waals surface area contributed by atoms with Crippen molar-refractivity contribution >= 4 is 5.97 Å². The molecule has 1 rings (SSSR count). The predicted molar refractivity (Wildman–Crippen MR) is 65.0 cm³/mol. The van der Waals surface area contributed by atoms with Crippen molar-refractivity contribution in [3.05, 3.63) is 0 Å². The zero-order valence-electron chi connectivity index (χ0n) is 11.4. The second kappa shape index (κ2) is 4.74. The number of esters is 1. The normalized spacial score (nSPS) is 21.8. The number of carbonyl (C=O) groups excluding carboxylic acids is 1. The Morgan fingerprint density at radius 1 is 1.25 bits per heavy atom. The number of hydrogen-bond donors (Lipinski definition) is 0. The fourth-order valence-electron chi connectivity index (χ4n) is 1.91. The first-order valence-electron chi connectivity index (χ1n) is 6.18. The molecule has 94 valence electrons. The molecule has 16 heavy (non-hydrogen) atoms. The molecular weight excluding hydrogens is 202 g/mol. The molecule has 0 aromatic carbocycles. The van der Waals surface area contributed by atoms with Gasteiger partial charge in [-0.3, -0.25) is 4.79 Å². The molecule has 1 fully saturated rings. The van der Waals surface area contributed by atoms with E-state index in [9.17, 15) is 4.79 Å². The first-order chi connectivity index (χ1) is 7.20. The first kappa shape index (κ1) is 13.5. The fourth-order valence-corrected chi connectivity index (χ4v) is 1.91. The maximum Gasteiger partial charge on any atom is 0.309 e. The first-order valence-corrected chi connectivity index (χ1v) is 6.18. The molecule has 0 aliphatic carbocycles. The van der Waals surface area contributed by atoms with Crippen LogP contribution >= 0.6 is 0 Å². The number of hydrogen-bond acceptors (Lipinski definition) is 2. The van der Waals surface area contributed by atoms with Gasteiger partial charge in [-0.05, 0) is 5.41 Å². The second-order valence-corrected chi connectivity index (χ2v) is 6.83. The summed E-state index contributed by atoms with van der Waals surface area (Å²) in [5, 5.41) is 0. The second-order valence-electron chi connectivity index (χ2n) is 6.83. The average molecular weight is 228 g/mol. The van der Waals surface area contributed by atoms with E-state index in [-0.39, 0.29) is 17.3 Å². The third-order valence-electron chi connectivity index (χ3n) is 3.15. The molecule has 0 bridgehead atoms. The number of rotatable bonds is 2. The van der Waals surface area contributed by atoms with Crippen LogP contribution in [0.1, 0.15) is 33.6 Å². The van der Waals surface area contributed by atoms with Gasteiger partial charge in [-0.25, -0.2) is 0 Å². The van der Waals surface area contributed by atoms with Gasteiger partial charge in [-0.15, -0.1) is 0 Å². The standard InChI is InChI=1S/C13H26NO2/c1-13(2,3)10-16-12(15)11-6-8-14(4,5)9-7-11/h11H,6-10H2,1-5H3/q+1. The lowest BCUT2D eigenvalue weighted by molar-refractivity contribution is -0.895. The minimum Gasteiger partial charge on any atom is -0.465 e. The highest BCUT2D eigenvalue weighted by Gasteiger charge is 2.31. The molecule has 1 aliphatic heterocycles. The fraction of sp³-hybridized carbons (Fsp3) is 0.923. The molecule has 0 spiro atoms. The Morgan fingerprint density at radius 2 is 1.75 bits per heavy atom. The van der Waals surface area contributed by atoms with Crippen molar-refractivity contribution in [3.63, 3.8) is 0 Å². The molecule has 0 atom stereocenters. The lowest BCUT2D eigenvalue weighted by atomic mass is 9.95. The number of likely N-dealkylation sites (tertiary alicyclic amines) is 1. The van der Waals surface area contributed by atoms with E-state index in [4.69, 9.17) is 4.74 Å². The Labute approximate surface area is 99.4 Å². The van der Waals surface area contributed by atoms with E-state index in [1.165, 1.54) is 0 Å². The van der Waals surface area contributed by atoms with Gasteiger partial charge in [0.25, 0.3) is 0 Å². The maximum atomic E-state index is 11.8. The van der Waals surface area contributed by atoms with Gasteiger partial charge in [0.2, 0.25) is 0 Å². The Kier molecular flexibility index (Phi) is 4.00. The van der Waals surface area contributed by atoms with Gasteiger partial charge in [0.05, 0.1) is 39.7 Å². The van der Waals surface area contributed by atoms with Crippen LogP contribution < -0.4 is 0 Å². The maximum absolute atomic E-state index is 11.8. The molecule has 0 saturated carbocycles. The minimum absolute atomic E-state index is 0.00891. The minimum atomic E-state index is 0.00891. The summed E-state index contributed by atoms with van der Waals surface area (Å²) in [6.45, 7) is 8.94. The van der Waals surface area contributed by atoms with Crippen LogP contribution in [-0.4, -0.2) is 44.2 Å². The molecule has 3 nitrogen and oxygen atoms in total. The molecule has 3 heteroatoms. The van der Waals surface area contributed by atoms with E-state index in [2.05, 4.69) is 34.9 Å². The third-order valence-corrected chi connectivity index (χ3v) is 3.15. The predicted octanol–water partition coefficient (Wildman–Crippen LogP) is 2.06. The Balaban J connectivity index is 2.34. The van der Waals surface area contributed by atoms with Crippen molar-refractivity contribution < 1.29 is 14.0 Å². The van der Waals surface area contributed by atoms with E-state index in [0.29, 0.717) is 6.61 Å². The molecule has 0 N–H and O–H groups in total. The van der Waals surface area contributed by atoms with Crippen molar-refractivity contribution in [2.75, 3.05) is 33.8 Å². The van der Waals surface area contributed by atoms with Crippen molar-refractivity contribution in [2.45, 2.75) is 33.6 Å². The summed E-state index contributed by atoms with van der Waals surface area (Å²) in [6, 6.07) is 0. The number of quaternary nitrogens is 1. The van der Waals surface area contributed by atoms with Crippen molar-refractivity contribution in [2.24, 2.45) is 11.3 Å². The van der Waals surface area contributed by atoms with E-state index in [1.54, 1.807) is 0 Å². The van der Waals surface area contributed by atoms with Gasteiger partial charge in [-0.2, -0.15) is 0 Å². The molecule has 0 amide bonds. The molecule has 0 radical (unpaired) electrons. The van der Waals surface area contributed by atoms with Crippen molar-refractivity contribution in [3.8, 4) is 0 Å². The van der Waals surface area contributed by atoms with E-state index in [0.717, 1.165) is 30.4 Å². The molecule has 1 heterocycles. The van der Waals surface area contributed by atoms with Crippen LogP contribution in [0.5, 0.6) is 0 Å². The number of ether oxygens (including phenoxy) is 1. The summed E-state index contributed by atoms with van der Waals surface area (Å²) in [5.74, 6) is 0.142. The lowest BCUT2D eigenvalue weighted by Crippen LogP contribution is -2.47. The van der Waals surface area contributed by atoms with Crippen LogP contribution in [0.15, 0.2) is 0 Å². The Hall–Kier alpha value is -0.570. The largest absolute Gasteiger partial charge is 0.465 e. The van der Waals surface area contributed by atoms with Crippen LogP contribution in [0, 0.1) is 11.3 Å². The monoisotopic (exact) mass is 228 g/mol. The molecule has 0 aromatic heterocycles. The van der Waals surface area contributed by atoms with Gasteiger partial charge >= 0.3 is 5.97 Å². The summed E-state index contributed by atoms with van der Waals surface area (Å²) < 4.78 is 6.40. The molecule has 1 saturated heterocycles. The summed E-state index contributed by atoms with van der Waals surface area (Å²) in [6.07, 6.45) is 1.94. The zero-order chi connectivity index (χ0) is 12.4. The summed E-state index contributed by atoms with van der Waals surface area (Å²) >= 11 is 0. The SMILES string of the molecule is CC(C)(C)COC(=O)C1CC[N+](C)(C)CC1. The van der Waals surface area contributed by atoms with Gasteiger partial charge in [0, 0.05) is 12.8 Å². The van der Waals surface area contributed by atoms with Crippen LogP contribution in [0.4, 0.5) is 0 Å². The Bertz CT molecular complexity index is 243. The van der Waals surface area contributed by atoms with Crippen LogP contribution in [-0.2, 0) is 9.53 Å². The molecule has 1 aliphatic rings. The van der Waals surface area contributed by atoms with Crippen molar-refractivity contribution in [1.29, 1.82) is 0 Å². The van der Waals surface area contributed by atoms with Crippen LogP contribution in [0.25, 0.3) is 0 Å². The van der Waals surface area contributed by atoms with E-state index in [1.807, 2.05) is 0 Å². The van der Waals surface area contributed by atoms with Gasteiger partial charge in [0.1, 0.15) is 0 Å². The summed E-state index contributed by atoms with van der Waals surface area (Å²) in [4.78, 5) is 11.8. The lowest BCUT2D eigenvalue weighted by Gasteiger charge is -2.36. The molecular formula is C13H26NO2+. The van der Waals surface area contributed by atoms with Gasteiger partial charge < -0.3 is 9.22 Å². The number of carbonyl (C=O) groups is 1. The van der Waals surface area contributed by atoms with Gasteiger partial charge in [-0.1, -0.05) is 20.8 Å². The van der Waals surface area contributed by atoms with Crippen LogP contribution in [0.3, 0.4) is 0 Å². The van der Waals surface area contributed by atoms with Crippen LogP contribution in [0.2, 0.25) is 0 Å². The highest BCUT2D eigenvalue weighted by Crippen LogP contribution is 2.22. The number of piperidine rings is 1. The zero-order valence-corrected chi connectivity index (χ0v) is 11.4. The quantitative estimate of drug-likeness (QED) is 0.534. The average Bonchev–Trinajstić information content (AvgIpc) is 2.13. The summed E-state index contributed by atoms with van der Waals surface area (Å²) in [5.41, 5.74) is 0.0691. The van der Waals surface area contributed by atoms with E-state index < -0.39 is 0 Å². The molecule has 0 unspecified atom stereocenters. The third kappa shape index (κ3) is 4.52. The highest BCUT2D eigenvalue weighted by atomic mass is 16.5. The topological polar surface area (TPSA) is 26.3 Å². The molecule has 0 aromatic rings.